The molecule has 0 fully saturated rings. The van der Waals surface area contributed by atoms with Crippen molar-refractivity contribution < 1.29 is 4.74 Å². The summed E-state index contributed by atoms with van der Waals surface area (Å²) in [6.07, 6.45) is 1.91. The average Bonchev–Trinajstić information content (AvgIpc) is 2.50. The predicted molar refractivity (Wildman–Crippen MR) is 95.1 cm³/mol. The van der Waals surface area contributed by atoms with Gasteiger partial charge in [0, 0.05) is 15.0 Å². The molecule has 0 aliphatic heterocycles. The van der Waals surface area contributed by atoms with Crippen LogP contribution in [0.2, 0.25) is 0 Å². The van der Waals surface area contributed by atoms with Crippen LogP contribution in [0.3, 0.4) is 0 Å². The largest absolute Gasteiger partial charge is 0.497 e. The minimum Gasteiger partial charge on any atom is -0.497 e. The molecule has 0 radical (unpaired) electrons. The number of hydrogen-bond donors (Lipinski definition) is 1. The molecule has 0 aliphatic rings. The Morgan fingerprint density at radius 2 is 1.67 bits per heavy atom. The first-order valence-electron chi connectivity index (χ1n) is 6.87. The molecule has 0 bridgehead atoms. The van der Waals surface area contributed by atoms with Crippen LogP contribution in [0.15, 0.2) is 51.4 Å². The van der Waals surface area contributed by atoms with Gasteiger partial charge in [0.1, 0.15) is 5.75 Å². The number of halogens is 2. The highest BCUT2D eigenvalue weighted by Gasteiger charge is 2.13. The molecule has 0 aromatic heterocycles. The van der Waals surface area contributed by atoms with Crippen molar-refractivity contribution in [3.63, 3.8) is 0 Å². The first-order valence-corrected chi connectivity index (χ1v) is 8.45. The fraction of sp³-hybridized carbons (Fsp3) is 0.294. The molecule has 4 heteroatoms. The highest BCUT2D eigenvalue weighted by atomic mass is 79.9. The van der Waals surface area contributed by atoms with E-state index in [0.717, 1.165) is 27.5 Å². The van der Waals surface area contributed by atoms with E-state index in [1.165, 1.54) is 11.1 Å². The summed E-state index contributed by atoms with van der Waals surface area (Å²) in [6, 6.07) is 14.8. The van der Waals surface area contributed by atoms with Crippen LogP contribution in [0.1, 0.15) is 11.1 Å². The molecule has 2 aromatic carbocycles. The van der Waals surface area contributed by atoms with Crippen molar-refractivity contribution >= 4 is 31.9 Å². The van der Waals surface area contributed by atoms with E-state index in [2.05, 4.69) is 61.4 Å². The molecular formula is C17H19Br2NO. The zero-order chi connectivity index (χ0) is 15.2. The zero-order valence-corrected chi connectivity index (χ0v) is 15.4. The fourth-order valence-electron chi connectivity index (χ4n) is 2.31. The second-order valence-electron chi connectivity index (χ2n) is 4.94. The van der Waals surface area contributed by atoms with Gasteiger partial charge in [0.25, 0.3) is 0 Å². The van der Waals surface area contributed by atoms with Gasteiger partial charge in [-0.3, -0.25) is 0 Å². The van der Waals surface area contributed by atoms with Crippen LogP contribution in [0.4, 0.5) is 0 Å². The Morgan fingerprint density at radius 1 is 1.00 bits per heavy atom. The minimum atomic E-state index is 0.368. The molecular weight excluding hydrogens is 394 g/mol. The maximum Gasteiger partial charge on any atom is 0.119 e. The van der Waals surface area contributed by atoms with Crippen molar-refractivity contribution in [3.8, 4) is 5.75 Å². The summed E-state index contributed by atoms with van der Waals surface area (Å²) in [5, 5.41) is 3.41. The Hall–Kier alpha value is -0.840. The van der Waals surface area contributed by atoms with E-state index in [9.17, 15) is 0 Å². The van der Waals surface area contributed by atoms with Crippen LogP contribution in [0.5, 0.6) is 5.75 Å². The quantitative estimate of drug-likeness (QED) is 0.748. The number of nitrogens with one attached hydrogen (secondary N) is 1. The van der Waals surface area contributed by atoms with Crippen LogP contribution in [-0.4, -0.2) is 20.2 Å². The Kier molecular flexibility index (Phi) is 6.27. The lowest BCUT2D eigenvalue weighted by Crippen LogP contribution is -2.30. The van der Waals surface area contributed by atoms with E-state index in [1.54, 1.807) is 7.11 Å². The molecule has 0 heterocycles. The van der Waals surface area contributed by atoms with Gasteiger partial charge in [0.2, 0.25) is 0 Å². The fourth-order valence-corrected chi connectivity index (χ4v) is 3.16. The molecule has 1 atom stereocenters. The van der Waals surface area contributed by atoms with Gasteiger partial charge in [-0.25, -0.2) is 0 Å². The van der Waals surface area contributed by atoms with Crippen molar-refractivity contribution in [3.05, 3.63) is 62.5 Å². The van der Waals surface area contributed by atoms with Crippen molar-refractivity contribution in [2.24, 2.45) is 0 Å². The molecule has 112 valence electrons. The van der Waals surface area contributed by atoms with Gasteiger partial charge in [0.15, 0.2) is 0 Å². The van der Waals surface area contributed by atoms with E-state index in [4.69, 9.17) is 4.74 Å². The van der Waals surface area contributed by atoms with Crippen molar-refractivity contribution in [2.45, 2.75) is 18.9 Å². The van der Waals surface area contributed by atoms with Gasteiger partial charge in [-0.1, -0.05) is 50.1 Å². The predicted octanol–water partition coefficient (Wildman–Crippen LogP) is 4.59. The van der Waals surface area contributed by atoms with Crippen LogP contribution in [-0.2, 0) is 12.8 Å². The number of benzene rings is 2. The third-order valence-corrected chi connectivity index (χ3v) is 5.10. The van der Waals surface area contributed by atoms with Crippen LogP contribution >= 0.6 is 31.9 Å². The normalized spacial score (nSPS) is 12.2. The van der Waals surface area contributed by atoms with Crippen molar-refractivity contribution in [1.29, 1.82) is 0 Å². The molecule has 1 N–H and O–H groups in total. The number of ether oxygens (including phenoxy) is 1. The van der Waals surface area contributed by atoms with Gasteiger partial charge in [-0.05, 0) is 55.3 Å². The maximum atomic E-state index is 5.31. The monoisotopic (exact) mass is 411 g/mol. The van der Waals surface area contributed by atoms with Crippen molar-refractivity contribution in [1.82, 2.24) is 5.32 Å². The Balaban J connectivity index is 2.14. The molecule has 0 spiro atoms. The Morgan fingerprint density at radius 3 is 2.33 bits per heavy atom. The van der Waals surface area contributed by atoms with Crippen LogP contribution in [0.25, 0.3) is 0 Å². The van der Waals surface area contributed by atoms with E-state index >= 15 is 0 Å². The summed E-state index contributed by atoms with van der Waals surface area (Å²) >= 11 is 7.24. The summed E-state index contributed by atoms with van der Waals surface area (Å²) in [5.41, 5.74) is 2.57. The lowest BCUT2D eigenvalue weighted by Gasteiger charge is -2.18. The molecule has 21 heavy (non-hydrogen) atoms. The molecule has 1 unspecified atom stereocenters. The van der Waals surface area contributed by atoms with E-state index in [0.29, 0.717) is 6.04 Å². The first kappa shape index (κ1) is 16.5. The molecule has 0 saturated carbocycles. The lowest BCUT2D eigenvalue weighted by atomic mass is 9.99. The van der Waals surface area contributed by atoms with Gasteiger partial charge >= 0.3 is 0 Å². The van der Waals surface area contributed by atoms with E-state index in [-0.39, 0.29) is 0 Å². The lowest BCUT2D eigenvalue weighted by molar-refractivity contribution is 0.413. The summed E-state index contributed by atoms with van der Waals surface area (Å²) in [7, 11) is 3.71. The molecule has 0 amide bonds. The second-order valence-corrected chi connectivity index (χ2v) is 6.65. The van der Waals surface area contributed by atoms with Gasteiger partial charge in [-0.15, -0.1) is 0 Å². The molecule has 0 aliphatic carbocycles. The minimum absolute atomic E-state index is 0.368. The molecule has 2 aromatic rings. The summed E-state index contributed by atoms with van der Waals surface area (Å²) < 4.78 is 7.60. The summed E-state index contributed by atoms with van der Waals surface area (Å²) in [4.78, 5) is 0. The number of methoxy groups -OCH3 is 1. The van der Waals surface area contributed by atoms with Gasteiger partial charge < -0.3 is 10.1 Å². The standard InChI is InChI=1S/C17H19Br2NO/c1-20-14(9-12-5-3-4-6-16(12)18)10-13-11-15(21-2)7-8-17(13)19/h3-8,11,14,20H,9-10H2,1-2H3. The van der Waals surface area contributed by atoms with Crippen LogP contribution in [0, 0.1) is 0 Å². The average molecular weight is 413 g/mol. The number of hydrogen-bond acceptors (Lipinski definition) is 2. The smallest absolute Gasteiger partial charge is 0.119 e. The summed E-state index contributed by atoms with van der Waals surface area (Å²) in [6.45, 7) is 0. The first-order chi connectivity index (χ1) is 10.1. The Bertz CT molecular complexity index is 601. The molecule has 2 nitrogen and oxygen atoms in total. The number of likely N-dealkylation sites (N-methyl/N-ethyl adjacent to an activating group) is 1. The highest BCUT2D eigenvalue weighted by Crippen LogP contribution is 2.25. The highest BCUT2D eigenvalue weighted by molar-refractivity contribution is 9.10. The third-order valence-electron chi connectivity index (χ3n) is 3.55. The van der Waals surface area contributed by atoms with Crippen LogP contribution < -0.4 is 10.1 Å². The van der Waals surface area contributed by atoms with E-state index in [1.807, 2.05) is 25.2 Å². The van der Waals surface area contributed by atoms with Gasteiger partial charge in [0.05, 0.1) is 7.11 Å². The Labute approximate surface area is 143 Å². The number of rotatable bonds is 6. The zero-order valence-electron chi connectivity index (χ0n) is 12.2. The van der Waals surface area contributed by atoms with E-state index < -0.39 is 0 Å². The van der Waals surface area contributed by atoms with Crippen molar-refractivity contribution in [2.75, 3.05) is 14.2 Å². The van der Waals surface area contributed by atoms with Gasteiger partial charge in [-0.2, -0.15) is 0 Å². The topological polar surface area (TPSA) is 21.3 Å². The second kappa shape index (κ2) is 7.97. The molecule has 0 saturated heterocycles. The SMILES string of the molecule is CNC(Cc1ccccc1Br)Cc1cc(OC)ccc1Br. The molecule has 2 rings (SSSR count). The third kappa shape index (κ3) is 4.56. The maximum absolute atomic E-state index is 5.31. The summed E-state index contributed by atoms with van der Waals surface area (Å²) in [5.74, 6) is 0.893.